The van der Waals surface area contributed by atoms with E-state index in [0.29, 0.717) is 28.5 Å². The first-order chi connectivity index (χ1) is 14.8. The minimum Gasteiger partial charge on any atom is -0.454 e. The molecule has 1 aliphatic rings. The predicted octanol–water partition coefficient (Wildman–Crippen LogP) is 3.68. The lowest BCUT2D eigenvalue weighted by molar-refractivity contribution is -0.386. The van der Waals surface area contributed by atoms with Gasteiger partial charge in [0.05, 0.1) is 17.5 Å². The van der Waals surface area contributed by atoms with Crippen molar-refractivity contribution in [3.63, 3.8) is 0 Å². The number of carbonyl (C=O) groups is 1. The fraction of sp³-hybridized carbons (Fsp3) is 0.273. The Morgan fingerprint density at radius 3 is 2.71 bits per heavy atom. The lowest BCUT2D eigenvalue weighted by Gasteiger charge is -2.17. The molecule has 0 aliphatic carbocycles. The highest BCUT2D eigenvalue weighted by molar-refractivity contribution is 5.96. The van der Waals surface area contributed by atoms with E-state index in [1.54, 1.807) is 30.7 Å². The van der Waals surface area contributed by atoms with Crippen LogP contribution in [0.4, 0.5) is 5.69 Å². The zero-order chi connectivity index (χ0) is 22.1. The van der Waals surface area contributed by atoms with Crippen LogP contribution in [-0.4, -0.2) is 27.4 Å². The maximum Gasteiger partial charge on any atom is 0.312 e. The van der Waals surface area contributed by atoms with Gasteiger partial charge in [-0.05, 0) is 50.1 Å². The van der Waals surface area contributed by atoms with Gasteiger partial charge >= 0.3 is 5.69 Å². The van der Waals surface area contributed by atoms with Crippen molar-refractivity contribution in [2.45, 2.75) is 33.4 Å². The number of nitro groups is 1. The minimum atomic E-state index is -0.431. The van der Waals surface area contributed by atoms with Gasteiger partial charge in [-0.1, -0.05) is 24.3 Å². The molecule has 1 atom stereocenters. The van der Waals surface area contributed by atoms with Gasteiger partial charge in [0.2, 0.25) is 6.79 Å². The van der Waals surface area contributed by atoms with E-state index in [1.807, 2.05) is 37.3 Å². The second kappa shape index (κ2) is 8.10. The van der Waals surface area contributed by atoms with Gasteiger partial charge in [0.15, 0.2) is 11.5 Å². The molecule has 0 unspecified atom stereocenters. The number of fused-ring (bicyclic) bond motifs is 1. The van der Waals surface area contributed by atoms with E-state index < -0.39 is 4.92 Å². The van der Waals surface area contributed by atoms with Crippen molar-refractivity contribution >= 4 is 11.6 Å². The van der Waals surface area contributed by atoms with Crippen molar-refractivity contribution in [2.24, 2.45) is 0 Å². The second-order valence-electron chi connectivity index (χ2n) is 7.40. The zero-order valence-electron chi connectivity index (χ0n) is 17.4. The van der Waals surface area contributed by atoms with Crippen molar-refractivity contribution in [3.05, 3.63) is 80.7 Å². The van der Waals surface area contributed by atoms with Gasteiger partial charge < -0.3 is 14.8 Å². The number of benzene rings is 2. The molecule has 2 aromatic carbocycles. The topological polar surface area (TPSA) is 109 Å². The van der Waals surface area contributed by atoms with Crippen molar-refractivity contribution in [1.29, 1.82) is 0 Å². The highest BCUT2D eigenvalue weighted by Gasteiger charge is 2.23. The summed E-state index contributed by atoms with van der Waals surface area (Å²) in [5, 5.41) is 18.6. The minimum absolute atomic E-state index is 0.00152. The molecule has 0 spiro atoms. The van der Waals surface area contributed by atoms with Crippen LogP contribution in [0.5, 0.6) is 11.5 Å². The Balaban J connectivity index is 1.55. The van der Waals surface area contributed by atoms with E-state index in [0.717, 1.165) is 11.1 Å². The number of aryl methyl sites for hydroxylation is 1. The van der Waals surface area contributed by atoms with E-state index in [4.69, 9.17) is 9.47 Å². The Bertz CT molecular complexity index is 1170. The molecule has 0 bridgehead atoms. The molecule has 1 aromatic heterocycles. The standard InChI is InChI=1S/C22H22N4O5/c1-13(16-8-9-19-20(10-16)31-12-30-19)23-22(27)18-7-5-4-6-17(18)11-25-15(3)21(26(28)29)14(2)24-25/h4-10,13H,11-12H2,1-3H3,(H,23,27)/t13-/m1/s1. The number of ether oxygens (including phenoxy) is 2. The Labute approximate surface area is 178 Å². The quantitative estimate of drug-likeness (QED) is 0.480. The van der Waals surface area contributed by atoms with Crippen LogP contribution in [0.3, 0.4) is 0 Å². The first-order valence-corrected chi connectivity index (χ1v) is 9.82. The highest BCUT2D eigenvalue weighted by Crippen LogP contribution is 2.34. The fourth-order valence-electron chi connectivity index (χ4n) is 3.69. The summed E-state index contributed by atoms with van der Waals surface area (Å²) in [6, 6.07) is 12.5. The monoisotopic (exact) mass is 422 g/mol. The molecule has 0 saturated carbocycles. The summed E-state index contributed by atoms with van der Waals surface area (Å²) in [5.41, 5.74) is 2.90. The summed E-state index contributed by atoms with van der Waals surface area (Å²) in [6.45, 7) is 5.60. The lowest BCUT2D eigenvalue weighted by Crippen LogP contribution is -2.28. The third-order valence-electron chi connectivity index (χ3n) is 5.35. The number of rotatable bonds is 6. The van der Waals surface area contributed by atoms with E-state index in [1.165, 1.54) is 0 Å². The number of hydrogen-bond acceptors (Lipinski definition) is 6. The van der Waals surface area contributed by atoms with E-state index in [-0.39, 0.29) is 31.0 Å². The predicted molar refractivity (Wildman–Crippen MR) is 112 cm³/mol. The number of aromatic nitrogens is 2. The molecule has 2 heterocycles. The van der Waals surface area contributed by atoms with Crippen LogP contribution < -0.4 is 14.8 Å². The summed E-state index contributed by atoms with van der Waals surface area (Å²) in [7, 11) is 0. The summed E-state index contributed by atoms with van der Waals surface area (Å²) in [4.78, 5) is 23.9. The maximum absolute atomic E-state index is 13.0. The molecule has 1 amide bonds. The molecule has 0 saturated heterocycles. The molecule has 0 fully saturated rings. The number of hydrogen-bond donors (Lipinski definition) is 1. The molecule has 1 N–H and O–H groups in total. The number of nitrogens with one attached hydrogen (secondary N) is 1. The number of carbonyl (C=O) groups excluding carboxylic acids is 1. The van der Waals surface area contributed by atoms with Gasteiger partial charge in [-0.15, -0.1) is 0 Å². The van der Waals surface area contributed by atoms with Crippen molar-refractivity contribution in [1.82, 2.24) is 15.1 Å². The number of amides is 1. The molecule has 4 rings (SSSR count). The maximum atomic E-state index is 13.0. The smallest absolute Gasteiger partial charge is 0.312 e. The largest absolute Gasteiger partial charge is 0.454 e. The van der Waals surface area contributed by atoms with Gasteiger partial charge in [-0.25, -0.2) is 0 Å². The van der Waals surface area contributed by atoms with Crippen LogP contribution in [-0.2, 0) is 6.54 Å². The van der Waals surface area contributed by atoms with Crippen LogP contribution in [0.1, 0.15) is 45.8 Å². The fourth-order valence-corrected chi connectivity index (χ4v) is 3.69. The summed E-state index contributed by atoms with van der Waals surface area (Å²) in [5.74, 6) is 1.11. The summed E-state index contributed by atoms with van der Waals surface area (Å²) >= 11 is 0. The molecule has 1 aliphatic heterocycles. The van der Waals surface area contributed by atoms with Crippen LogP contribution in [0, 0.1) is 24.0 Å². The third kappa shape index (κ3) is 3.94. The summed E-state index contributed by atoms with van der Waals surface area (Å²) in [6.07, 6.45) is 0. The average molecular weight is 422 g/mol. The molecule has 9 heteroatoms. The van der Waals surface area contributed by atoms with E-state index in [2.05, 4.69) is 10.4 Å². The molecule has 0 radical (unpaired) electrons. The molecular formula is C22H22N4O5. The van der Waals surface area contributed by atoms with Crippen molar-refractivity contribution in [3.8, 4) is 11.5 Å². The SMILES string of the molecule is Cc1nn(Cc2ccccc2C(=O)N[C@H](C)c2ccc3c(c2)OCO3)c(C)c1[N+](=O)[O-]. The Morgan fingerprint density at radius 2 is 1.97 bits per heavy atom. The van der Waals surface area contributed by atoms with E-state index >= 15 is 0 Å². The normalized spacial score (nSPS) is 13.1. The third-order valence-corrected chi connectivity index (χ3v) is 5.35. The van der Waals surface area contributed by atoms with Crippen molar-refractivity contribution < 1.29 is 19.2 Å². The van der Waals surface area contributed by atoms with Gasteiger partial charge in [-0.3, -0.25) is 19.6 Å². The van der Waals surface area contributed by atoms with Crippen LogP contribution in [0.15, 0.2) is 42.5 Å². The van der Waals surface area contributed by atoms with Crippen molar-refractivity contribution in [2.75, 3.05) is 6.79 Å². The lowest BCUT2D eigenvalue weighted by atomic mass is 10.0. The molecule has 160 valence electrons. The average Bonchev–Trinajstić information content (AvgIpc) is 3.31. The van der Waals surface area contributed by atoms with Crippen LogP contribution in [0.25, 0.3) is 0 Å². The molecule has 9 nitrogen and oxygen atoms in total. The first kappa shape index (κ1) is 20.4. The highest BCUT2D eigenvalue weighted by atomic mass is 16.7. The number of nitrogens with zero attached hydrogens (tertiary/aromatic N) is 3. The van der Waals surface area contributed by atoms with Crippen LogP contribution >= 0.6 is 0 Å². The molecule has 3 aromatic rings. The van der Waals surface area contributed by atoms with Gasteiger partial charge in [0.25, 0.3) is 5.91 Å². The summed E-state index contributed by atoms with van der Waals surface area (Å²) < 4.78 is 12.3. The Kier molecular flexibility index (Phi) is 5.33. The Morgan fingerprint density at radius 1 is 1.23 bits per heavy atom. The zero-order valence-corrected chi connectivity index (χ0v) is 17.4. The van der Waals surface area contributed by atoms with Gasteiger partial charge in [0, 0.05) is 5.56 Å². The van der Waals surface area contributed by atoms with Gasteiger partial charge in [-0.2, -0.15) is 5.10 Å². The molecule has 31 heavy (non-hydrogen) atoms. The van der Waals surface area contributed by atoms with Gasteiger partial charge in [0.1, 0.15) is 11.4 Å². The Hall–Kier alpha value is -3.88. The first-order valence-electron chi connectivity index (χ1n) is 9.82. The molecular weight excluding hydrogens is 400 g/mol. The van der Waals surface area contributed by atoms with Crippen LogP contribution in [0.2, 0.25) is 0 Å². The second-order valence-corrected chi connectivity index (χ2v) is 7.40. The van der Waals surface area contributed by atoms with E-state index in [9.17, 15) is 14.9 Å².